The molecule has 0 aromatic carbocycles. The fraction of sp³-hybridized carbons (Fsp3) is 0.200. The van der Waals surface area contributed by atoms with E-state index in [1.165, 1.54) is 6.07 Å². The number of aryl methyl sites for hydroxylation is 1. The van der Waals surface area contributed by atoms with Gasteiger partial charge < -0.3 is 4.52 Å². The Kier molecular flexibility index (Phi) is 3.47. The van der Waals surface area contributed by atoms with Gasteiger partial charge in [-0.1, -0.05) is 5.16 Å². The molecule has 0 radical (unpaired) electrons. The number of aromatic nitrogens is 2. The van der Waals surface area contributed by atoms with E-state index in [1.54, 1.807) is 6.92 Å². The topological polar surface area (TPSA) is 85.1 Å². The molecule has 1 N–H and O–H groups in total. The van der Waals surface area contributed by atoms with Gasteiger partial charge in [0.2, 0.25) is 21.9 Å². The number of halogens is 2. The summed E-state index contributed by atoms with van der Waals surface area (Å²) in [4.78, 5) is 2.87. The first-order chi connectivity index (χ1) is 8.85. The molecular weight excluding hydrogens is 280 g/mol. The molecule has 0 atom stereocenters. The number of sulfonamides is 1. The smallest absolute Gasteiger partial charge is 0.239 e. The number of pyridine rings is 1. The van der Waals surface area contributed by atoms with E-state index in [0.29, 0.717) is 5.76 Å². The largest absolute Gasteiger partial charge is 0.361 e. The second-order valence-corrected chi connectivity index (χ2v) is 5.48. The van der Waals surface area contributed by atoms with E-state index < -0.39 is 33.4 Å². The number of nitrogens with zero attached hydrogens (tertiary/aromatic N) is 2. The van der Waals surface area contributed by atoms with Gasteiger partial charge in [0.25, 0.3) is 0 Å². The summed E-state index contributed by atoms with van der Waals surface area (Å²) in [7, 11) is -3.88. The number of rotatable bonds is 4. The Morgan fingerprint density at radius 3 is 2.68 bits per heavy atom. The zero-order valence-electron chi connectivity index (χ0n) is 9.72. The first kappa shape index (κ1) is 13.4. The summed E-state index contributed by atoms with van der Waals surface area (Å²) in [6, 6.07) is 3.24. The highest BCUT2D eigenvalue weighted by Gasteiger charge is 2.17. The lowest BCUT2D eigenvalue weighted by Crippen LogP contribution is -2.16. The maximum absolute atomic E-state index is 13.2. The van der Waals surface area contributed by atoms with E-state index in [2.05, 4.69) is 10.1 Å². The van der Waals surface area contributed by atoms with Crippen LogP contribution in [0, 0.1) is 18.8 Å². The van der Waals surface area contributed by atoms with Gasteiger partial charge in [0, 0.05) is 6.07 Å². The minimum atomic E-state index is -3.88. The lowest BCUT2D eigenvalue weighted by molar-refractivity contribution is 0.392. The highest BCUT2D eigenvalue weighted by molar-refractivity contribution is 7.91. The van der Waals surface area contributed by atoms with Crippen molar-refractivity contribution in [3.8, 4) is 0 Å². The maximum Gasteiger partial charge on any atom is 0.239 e. The summed E-state index contributed by atoms with van der Waals surface area (Å²) in [5, 5.41) is 3.52. The van der Waals surface area contributed by atoms with Crippen molar-refractivity contribution in [2.45, 2.75) is 12.7 Å². The van der Waals surface area contributed by atoms with E-state index in [4.69, 9.17) is 4.52 Å². The molecule has 0 saturated carbocycles. The molecule has 2 aromatic rings. The van der Waals surface area contributed by atoms with Crippen molar-refractivity contribution in [2.24, 2.45) is 0 Å². The fourth-order valence-electron chi connectivity index (χ4n) is 1.37. The molecule has 0 aliphatic rings. The van der Waals surface area contributed by atoms with E-state index in [1.807, 2.05) is 4.72 Å². The zero-order valence-corrected chi connectivity index (χ0v) is 10.5. The molecule has 0 fully saturated rings. The molecule has 0 aliphatic carbocycles. The quantitative estimate of drug-likeness (QED) is 0.864. The molecule has 0 saturated heterocycles. The second-order valence-electron chi connectivity index (χ2n) is 3.76. The van der Waals surface area contributed by atoms with E-state index in [9.17, 15) is 17.2 Å². The molecule has 102 valence electrons. The van der Waals surface area contributed by atoms with Crippen LogP contribution in [0.25, 0.3) is 0 Å². The fourth-order valence-corrected chi connectivity index (χ4v) is 2.46. The molecule has 6 nitrogen and oxygen atoms in total. The summed E-state index contributed by atoms with van der Waals surface area (Å²) in [5.74, 6) is -2.30. The van der Waals surface area contributed by atoms with Crippen LogP contribution in [-0.2, 0) is 15.8 Å². The summed E-state index contributed by atoms with van der Waals surface area (Å²) in [6.07, 6.45) is 0. The standard InChI is InChI=1S/C10H9F2N3O3S/c1-6-4-7(14-18-6)5-19(16,17)15-8-2-3-9(11)13-10(8)12/h2-4,15H,5H2,1H3. The van der Waals surface area contributed by atoms with Gasteiger partial charge in [-0.15, -0.1) is 0 Å². The van der Waals surface area contributed by atoms with Gasteiger partial charge >= 0.3 is 0 Å². The van der Waals surface area contributed by atoms with Crippen LogP contribution in [0.5, 0.6) is 0 Å². The SMILES string of the molecule is Cc1cc(CS(=O)(=O)Nc2ccc(F)nc2F)no1. The molecule has 0 spiro atoms. The van der Waals surface area contributed by atoms with Crippen LogP contribution >= 0.6 is 0 Å². The molecule has 9 heteroatoms. The van der Waals surface area contributed by atoms with Gasteiger partial charge in [0.1, 0.15) is 22.9 Å². The van der Waals surface area contributed by atoms with Crippen LogP contribution in [0.1, 0.15) is 11.5 Å². The Hall–Kier alpha value is -2.03. The predicted octanol–water partition coefficient (Wildman–Crippen LogP) is 1.60. The minimum absolute atomic E-state index is 0.181. The third-order valence-corrected chi connectivity index (χ3v) is 3.30. The van der Waals surface area contributed by atoms with Crippen LogP contribution < -0.4 is 4.72 Å². The third-order valence-electron chi connectivity index (χ3n) is 2.09. The van der Waals surface area contributed by atoms with Gasteiger partial charge in [-0.05, 0) is 19.1 Å². The lowest BCUT2D eigenvalue weighted by Gasteiger charge is -2.06. The highest BCUT2D eigenvalue weighted by Crippen LogP contribution is 2.15. The second kappa shape index (κ2) is 4.92. The number of hydrogen-bond donors (Lipinski definition) is 1. The van der Waals surface area contributed by atoms with Crippen LogP contribution in [0.2, 0.25) is 0 Å². The molecule has 2 heterocycles. The van der Waals surface area contributed by atoms with Crippen molar-refractivity contribution in [1.29, 1.82) is 0 Å². The van der Waals surface area contributed by atoms with Crippen LogP contribution in [0.3, 0.4) is 0 Å². The van der Waals surface area contributed by atoms with Crippen LogP contribution in [0.15, 0.2) is 22.7 Å². The summed E-state index contributed by atoms with van der Waals surface area (Å²) < 4.78 is 55.9. The van der Waals surface area contributed by atoms with Gasteiger partial charge in [-0.2, -0.15) is 13.8 Å². The molecule has 19 heavy (non-hydrogen) atoms. The normalized spacial score (nSPS) is 11.5. The molecule has 0 amide bonds. The zero-order chi connectivity index (χ0) is 14.0. The lowest BCUT2D eigenvalue weighted by atomic mass is 10.4. The number of hydrogen-bond acceptors (Lipinski definition) is 5. The molecule has 0 unspecified atom stereocenters. The first-order valence-corrected chi connectivity index (χ1v) is 6.76. The van der Waals surface area contributed by atoms with Crippen molar-refractivity contribution < 1.29 is 21.7 Å². The number of anilines is 1. The maximum atomic E-state index is 13.2. The van der Waals surface area contributed by atoms with Crippen molar-refractivity contribution in [1.82, 2.24) is 10.1 Å². The Labute approximate surface area is 107 Å². The van der Waals surface area contributed by atoms with E-state index in [-0.39, 0.29) is 5.69 Å². The van der Waals surface area contributed by atoms with E-state index >= 15 is 0 Å². The van der Waals surface area contributed by atoms with E-state index in [0.717, 1.165) is 12.1 Å². The van der Waals surface area contributed by atoms with Gasteiger partial charge in [-0.3, -0.25) is 4.72 Å². The summed E-state index contributed by atoms with van der Waals surface area (Å²) >= 11 is 0. The van der Waals surface area contributed by atoms with Gasteiger partial charge in [0.05, 0.1) is 0 Å². The van der Waals surface area contributed by atoms with Crippen molar-refractivity contribution >= 4 is 15.7 Å². The van der Waals surface area contributed by atoms with Gasteiger partial charge in [-0.25, -0.2) is 8.42 Å². The number of nitrogens with one attached hydrogen (secondary N) is 1. The van der Waals surface area contributed by atoms with Crippen LogP contribution in [0.4, 0.5) is 14.5 Å². The summed E-state index contributed by atoms with van der Waals surface area (Å²) in [5.41, 5.74) is -0.248. The molecule has 0 bridgehead atoms. The van der Waals surface area contributed by atoms with Crippen molar-refractivity contribution in [3.05, 3.63) is 41.5 Å². The monoisotopic (exact) mass is 289 g/mol. The Bertz CT molecular complexity index is 700. The molecule has 0 aliphatic heterocycles. The van der Waals surface area contributed by atoms with Crippen LogP contribution in [-0.4, -0.2) is 18.6 Å². The molecule has 2 aromatic heterocycles. The predicted molar refractivity (Wildman–Crippen MR) is 61.6 cm³/mol. The van der Waals surface area contributed by atoms with Crippen molar-refractivity contribution in [3.63, 3.8) is 0 Å². The third kappa shape index (κ3) is 3.47. The van der Waals surface area contributed by atoms with Crippen molar-refractivity contribution in [2.75, 3.05) is 4.72 Å². The van der Waals surface area contributed by atoms with Gasteiger partial charge in [0.15, 0.2) is 0 Å². The minimum Gasteiger partial charge on any atom is -0.361 e. The summed E-state index contributed by atoms with van der Waals surface area (Å²) in [6.45, 7) is 1.61. The highest BCUT2D eigenvalue weighted by atomic mass is 32.2. The molecule has 2 rings (SSSR count). The average molecular weight is 289 g/mol. The Morgan fingerprint density at radius 2 is 2.11 bits per heavy atom. The Balaban J connectivity index is 2.17. The molecular formula is C10H9F2N3O3S. The first-order valence-electron chi connectivity index (χ1n) is 5.10. The average Bonchev–Trinajstić information content (AvgIpc) is 2.67. The Morgan fingerprint density at radius 1 is 1.37 bits per heavy atom.